The first-order valence-electron chi connectivity index (χ1n) is 6.37. The summed E-state index contributed by atoms with van der Waals surface area (Å²) < 4.78 is 0. The van der Waals surface area contributed by atoms with E-state index >= 15 is 0 Å². The van der Waals surface area contributed by atoms with E-state index in [4.69, 9.17) is 5.73 Å². The number of anilines is 2. The smallest absolute Gasteiger partial charge is 0.259 e. The number of benzene rings is 2. The number of rotatable bonds is 2. The minimum absolute atomic E-state index is 0.00567. The molecule has 2 aromatic carbocycles. The van der Waals surface area contributed by atoms with Crippen LogP contribution in [0.4, 0.5) is 11.4 Å². The highest BCUT2D eigenvalue weighted by Gasteiger charge is 2.15. The van der Waals surface area contributed by atoms with Gasteiger partial charge in [0.1, 0.15) is 5.75 Å². The number of hydrogen-bond acceptors (Lipinski definition) is 3. The highest BCUT2D eigenvalue weighted by atomic mass is 16.3. The van der Waals surface area contributed by atoms with Gasteiger partial charge < -0.3 is 16.2 Å². The predicted octanol–water partition coefficient (Wildman–Crippen LogP) is 3.15. The monoisotopic (exact) mass is 270 g/mol. The summed E-state index contributed by atoms with van der Waals surface area (Å²) in [5.41, 5.74) is 9.87. The molecule has 4 heteroatoms. The summed E-state index contributed by atoms with van der Waals surface area (Å²) in [6.07, 6.45) is 0. The lowest BCUT2D eigenvalue weighted by Crippen LogP contribution is -2.15. The second-order valence-corrected chi connectivity index (χ2v) is 4.90. The first-order chi connectivity index (χ1) is 9.41. The maximum Gasteiger partial charge on any atom is 0.259 e. The van der Waals surface area contributed by atoms with Crippen molar-refractivity contribution < 1.29 is 9.90 Å². The Morgan fingerprint density at radius 2 is 1.80 bits per heavy atom. The molecule has 0 bridgehead atoms. The predicted molar refractivity (Wildman–Crippen MR) is 81.1 cm³/mol. The van der Waals surface area contributed by atoms with Gasteiger partial charge in [-0.15, -0.1) is 0 Å². The molecule has 0 aliphatic carbocycles. The van der Waals surface area contributed by atoms with Gasteiger partial charge in [0.05, 0.1) is 16.9 Å². The molecule has 2 rings (SSSR count). The number of amides is 1. The number of nitrogens with two attached hydrogens (primary N) is 1. The van der Waals surface area contributed by atoms with Crippen LogP contribution in [-0.2, 0) is 0 Å². The number of aromatic hydroxyl groups is 1. The molecule has 0 aromatic heterocycles. The largest absolute Gasteiger partial charge is 0.507 e. The Morgan fingerprint density at radius 3 is 2.50 bits per heavy atom. The zero-order valence-electron chi connectivity index (χ0n) is 11.8. The maximum absolute atomic E-state index is 12.3. The molecule has 4 N–H and O–H groups in total. The van der Waals surface area contributed by atoms with Gasteiger partial charge in [0.2, 0.25) is 0 Å². The van der Waals surface area contributed by atoms with Gasteiger partial charge in [0.25, 0.3) is 5.91 Å². The van der Waals surface area contributed by atoms with E-state index in [0.717, 1.165) is 11.1 Å². The minimum Gasteiger partial charge on any atom is -0.507 e. The molecular formula is C16H18N2O2. The molecule has 0 unspecified atom stereocenters. The summed E-state index contributed by atoms with van der Waals surface area (Å²) in [4.78, 5) is 12.3. The summed E-state index contributed by atoms with van der Waals surface area (Å²) in [6.45, 7) is 5.60. The third kappa shape index (κ3) is 2.45. The zero-order valence-corrected chi connectivity index (χ0v) is 11.8. The fraction of sp³-hybridized carbons (Fsp3) is 0.188. The molecule has 0 saturated carbocycles. The number of aryl methyl sites for hydroxylation is 2. The van der Waals surface area contributed by atoms with Crippen LogP contribution in [0.25, 0.3) is 0 Å². The van der Waals surface area contributed by atoms with Gasteiger partial charge in [-0.2, -0.15) is 0 Å². The lowest BCUT2D eigenvalue weighted by molar-refractivity contribution is 0.102. The molecule has 1 amide bonds. The van der Waals surface area contributed by atoms with Gasteiger partial charge in [-0.25, -0.2) is 0 Å². The third-order valence-electron chi connectivity index (χ3n) is 3.49. The second kappa shape index (κ2) is 5.25. The number of para-hydroxylation sites is 1. The van der Waals surface area contributed by atoms with E-state index in [1.165, 1.54) is 0 Å². The second-order valence-electron chi connectivity index (χ2n) is 4.90. The van der Waals surface area contributed by atoms with Crippen molar-refractivity contribution in [1.29, 1.82) is 0 Å². The van der Waals surface area contributed by atoms with E-state index in [0.29, 0.717) is 16.9 Å². The quantitative estimate of drug-likeness (QED) is 0.734. The molecule has 20 heavy (non-hydrogen) atoms. The molecule has 0 aliphatic rings. The van der Waals surface area contributed by atoms with Crippen molar-refractivity contribution in [1.82, 2.24) is 0 Å². The lowest BCUT2D eigenvalue weighted by atomic mass is 10.1. The number of carbonyl (C=O) groups is 1. The standard InChI is InChI=1S/C16H18N2O2/c1-9-7-8-13(17)14(11(9)3)18-16(20)12-6-4-5-10(2)15(12)19/h4-8,19H,17H2,1-3H3,(H,18,20). The summed E-state index contributed by atoms with van der Waals surface area (Å²) in [6, 6.07) is 8.73. The van der Waals surface area contributed by atoms with Crippen molar-refractivity contribution in [3.8, 4) is 5.75 Å². The van der Waals surface area contributed by atoms with Crippen LogP contribution >= 0.6 is 0 Å². The van der Waals surface area contributed by atoms with E-state index in [1.54, 1.807) is 31.2 Å². The van der Waals surface area contributed by atoms with Crippen molar-refractivity contribution >= 4 is 17.3 Å². The molecule has 0 aliphatic heterocycles. The van der Waals surface area contributed by atoms with Crippen molar-refractivity contribution in [2.75, 3.05) is 11.1 Å². The van der Waals surface area contributed by atoms with Crippen LogP contribution < -0.4 is 11.1 Å². The molecule has 0 radical (unpaired) electrons. The van der Waals surface area contributed by atoms with Crippen LogP contribution in [0.3, 0.4) is 0 Å². The topological polar surface area (TPSA) is 75.3 Å². The summed E-state index contributed by atoms with van der Waals surface area (Å²) in [5.74, 6) is -0.375. The molecule has 0 saturated heterocycles. The van der Waals surface area contributed by atoms with Crippen molar-refractivity contribution in [3.63, 3.8) is 0 Å². The van der Waals surface area contributed by atoms with E-state index in [2.05, 4.69) is 5.32 Å². The van der Waals surface area contributed by atoms with Gasteiger partial charge in [0, 0.05) is 0 Å². The Balaban J connectivity index is 2.38. The summed E-state index contributed by atoms with van der Waals surface area (Å²) in [7, 11) is 0. The van der Waals surface area contributed by atoms with Crippen LogP contribution in [0.15, 0.2) is 30.3 Å². The van der Waals surface area contributed by atoms with Gasteiger partial charge >= 0.3 is 0 Å². The SMILES string of the molecule is Cc1ccc(N)c(NC(=O)c2cccc(C)c2O)c1C. The minimum atomic E-state index is -0.369. The van der Waals surface area contributed by atoms with Crippen molar-refractivity contribution in [3.05, 3.63) is 52.6 Å². The molecule has 0 fully saturated rings. The summed E-state index contributed by atoms with van der Waals surface area (Å²) in [5, 5.41) is 12.7. The third-order valence-corrected chi connectivity index (χ3v) is 3.49. The van der Waals surface area contributed by atoms with Crippen molar-refractivity contribution in [2.24, 2.45) is 0 Å². The van der Waals surface area contributed by atoms with Crippen LogP contribution in [0.5, 0.6) is 5.75 Å². The average Bonchev–Trinajstić information content (AvgIpc) is 2.42. The fourth-order valence-corrected chi connectivity index (χ4v) is 2.03. The number of phenolic OH excluding ortho intramolecular Hbond substituents is 1. The number of carbonyl (C=O) groups excluding carboxylic acids is 1. The fourth-order valence-electron chi connectivity index (χ4n) is 2.03. The highest BCUT2D eigenvalue weighted by molar-refractivity contribution is 6.08. The number of nitrogen functional groups attached to an aromatic ring is 1. The van der Waals surface area contributed by atoms with Gasteiger partial charge in [-0.3, -0.25) is 4.79 Å². The number of nitrogens with one attached hydrogen (secondary N) is 1. The molecule has 0 atom stereocenters. The maximum atomic E-state index is 12.3. The van der Waals surface area contributed by atoms with Crippen molar-refractivity contribution in [2.45, 2.75) is 20.8 Å². The Labute approximate surface area is 118 Å². The molecule has 4 nitrogen and oxygen atoms in total. The first-order valence-corrected chi connectivity index (χ1v) is 6.37. The van der Waals surface area contributed by atoms with E-state index < -0.39 is 0 Å². The van der Waals surface area contributed by atoms with E-state index in [-0.39, 0.29) is 17.2 Å². The molecular weight excluding hydrogens is 252 g/mol. The van der Waals surface area contributed by atoms with Gasteiger partial charge in [0.15, 0.2) is 0 Å². The molecule has 104 valence electrons. The van der Waals surface area contributed by atoms with Crippen LogP contribution in [-0.4, -0.2) is 11.0 Å². The Kier molecular flexibility index (Phi) is 3.66. The van der Waals surface area contributed by atoms with Gasteiger partial charge in [-0.1, -0.05) is 18.2 Å². The Morgan fingerprint density at radius 1 is 1.10 bits per heavy atom. The zero-order chi connectivity index (χ0) is 14.9. The van der Waals surface area contributed by atoms with Gasteiger partial charge in [-0.05, 0) is 49.6 Å². The normalized spacial score (nSPS) is 10.3. The summed E-state index contributed by atoms with van der Waals surface area (Å²) >= 11 is 0. The average molecular weight is 270 g/mol. The molecule has 2 aromatic rings. The lowest BCUT2D eigenvalue weighted by Gasteiger charge is -2.14. The van der Waals surface area contributed by atoms with E-state index in [9.17, 15) is 9.90 Å². The van der Waals surface area contributed by atoms with E-state index in [1.807, 2.05) is 19.9 Å². The molecule has 0 spiro atoms. The number of hydrogen-bond donors (Lipinski definition) is 3. The van der Waals surface area contributed by atoms with Crippen LogP contribution in [0.1, 0.15) is 27.0 Å². The number of phenols is 1. The highest BCUT2D eigenvalue weighted by Crippen LogP contribution is 2.28. The molecule has 0 heterocycles. The first kappa shape index (κ1) is 13.9. The Hall–Kier alpha value is -2.49. The van der Waals surface area contributed by atoms with Crippen LogP contribution in [0.2, 0.25) is 0 Å². The van der Waals surface area contributed by atoms with Crippen LogP contribution in [0, 0.1) is 20.8 Å². The Bertz CT molecular complexity index is 678.